The molecule has 6 nitrogen and oxygen atoms in total. The number of alkyl halides is 9. The zero-order chi connectivity index (χ0) is 29.0. The van der Waals surface area contributed by atoms with E-state index in [9.17, 15) is 64.8 Å². The summed E-state index contributed by atoms with van der Waals surface area (Å²) in [6.07, 6.45) is 7.21. The van der Waals surface area contributed by atoms with E-state index in [-0.39, 0.29) is 0 Å². The van der Waals surface area contributed by atoms with E-state index in [0.717, 1.165) is 6.42 Å². The van der Waals surface area contributed by atoms with Gasteiger partial charge in [-0.15, -0.1) is 0 Å². The molecular weight excluding hydrogens is 623 g/mol. The van der Waals surface area contributed by atoms with Gasteiger partial charge in [0.05, 0.1) is 3.91 Å². The van der Waals surface area contributed by atoms with Crippen molar-refractivity contribution in [2.75, 3.05) is 0 Å². The molecule has 0 bridgehead atoms. The minimum atomic E-state index is -8.02. The van der Waals surface area contributed by atoms with Gasteiger partial charge in [-0.2, -0.15) is 39.5 Å². The average Bonchev–Trinajstić information content (AvgIpc) is 3.12. The summed E-state index contributed by atoms with van der Waals surface area (Å²) in [5.74, 6) is 0. The zero-order valence-corrected chi connectivity index (χ0v) is 21.2. The van der Waals surface area contributed by atoms with Crippen molar-refractivity contribution in [2.45, 2.75) is 36.8 Å². The Morgan fingerprint density at radius 3 is 1.08 bits per heavy atom. The van der Waals surface area contributed by atoms with Gasteiger partial charge < -0.3 is 0 Å². The van der Waals surface area contributed by atoms with E-state index in [4.69, 9.17) is 0 Å². The summed E-state index contributed by atoms with van der Waals surface area (Å²) in [7, 11) is -24.1. The van der Waals surface area contributed by atoms with Crippen molar-refractivity contribution in [3.05, 3.63) is 62.0 Å². The molecule has 0 saturated carbocycles. The molecule has 0 heterocycles. The molecule has 36 heavy (non-hydrogen) atoms. The second kappa shape index (κ2) is 11.9. The van der Waals surface area contributed by atoms with E-state index >= 15 is 0 Å². The third-order valence-electron chi connectivity index (χ3n) is 3.51. The van der Waals surface area contributed by atoms with Crippen LogP contribution in [-0.2, 0) is 45.5 Å². The second-order valence-corrected chi connectivity index (χ2v) is 13.6. The molecule has 0 radical (unpaired) electrons. The van der Waals surface area contributed by atoms with Crippen molar-refractivity contribution in [2.24, 2.45) is 0 Å². The van der Waals surface area contributed by atoms with Crippen LogP contribution >= 0.6 is 0 Å². The molecule has 1 aromatic carbocycles. The van der Waals surface area contributed by atoms with Crippen molar-refractivity contribution in [3.63, 3.8) is 0 Å². The first-order chi connectivity index (χ1) is 15.8. The fourth-order valence-electron chi connectivity index (χ4n) is 1.77. The van der Waals surface area contributed by atoms with Gasteiger partial charge in [-0.05, 0) is 13.8 Å². The number of sulfone groups is 3. The molecule has 0 unspecified atom stereocenters. The Kier molecular flexibility index (Phi) is 11.4. The molecule has 0 atom stereocenters. The maximum atomic E-state index is 12.0. The monoisotopic (exact) mass is 638 g/mol. The Hall–Kier alpha value is -1.56. The molecule has 0 spiro atoms. The van der Waals surface area contributed by atoms with Crippen molar-refractivity contribution in [3.8, 4) is 0 Å². The summed E-state index contributed by atoms with van der Waals surface area (Å²) >= 11 is 3.74. The van der Waals surface area contributed by atoms with Crippen LogP contribution in [0.4, 0.5) is 39.5 Å². The Labute approximate surface area is 208 Å². The summed E-state index contributed by atoms with van der Waals surface area (Å²) < 4.78 is 169. The van der Waals surface area contributed by atoms with Gasteiger partial charge in [0.2, 0.25) is 0 Å². The molecule has 0 aliphatic heterocycles. The van der Waals surface area contributed by atoms with E-state index in [0.29, 0.717) is 0 Å². The van der Waals surface area contributed by atoms with Crippen LogP contribution in [0, 0.1) is 17.8 Å². The Balaban J connectivity index is 0.000000695. The van der Waals surface area contributed by atoms with Crippen molar-refractivity contribution in [1.82, 2.24) is 0 Å². The third kappa shape index (κ3) is 8.78. The molecule has 0 amide bonds. The predicted octanol–water partition coefficient (Wildman–Crippen LogP) is 4.92. The fraction of sp³-hybridized carbons (Fsp3) is 0.353. The third-order valence-corrected chi connectivity index (χ3v) is 11.0. The van der Waals surface area contributed by atoms with Crippen LogP contribution in [0.25, 0.3) is 0 Å². The number of rotatable bonds is 3. The number of allylic oxidation sites excluding steroid dienone is 4. The van der Waals surface area contributed by atoms with Crippen LogP contribution in [0.5, 0.6) is 0 Å². The van der Waals surface area contributed by atoms with Crippen LogP contribution in [-0.4, -0.2) is 41.8 Å². The molecule has 0 N–H and O–H groups in total. The van der Waals surface area contributed by atoms with Gasteiger partial charge in [0.1, 0.15) is 0 Å². The first-order valence-electron chi connectivity index (χ1n) is 8.64. The van der Waals surface area contributed by atoms with Crippen LogP contribution < -0.4 is 0 Å². The normalized spacial score (nSPS) is 15.0. The maximum absolute atomic E-state index is 12.0. The van der Waals surface area contributed by atoms with Crippen LogP contribution in [0.3, 0.4) is 0 Å². The Morgan fingerprint density at radius 1 is 0.667 bits per heavy atom. The van der Waals surface area contributed by atoms with Crippen LogP contribution in [0.1, 0.15) is 17.5 Å². The minimum absolute atomic E-state index is 1.06. The summed E-state index contributed by atoms with van der Waals surface area (Å²) in [6, 6.07) is 8.48. The van der Waals surface area contributed by atoms with E-state index < -0.39 is 50.0 Å². The fourth-order valence-corrected chi connectivity index (χ4v) is 7.74. The van der Waals surface area contributed by atoms with E-state index in [1.54, 1.807) is 0 Å². The Bertz CT molecular complexity index is 1150. The Morgan fingerprint density at radius 2 is 0.944 bits per heavy atom. The molecule has 19 heteroatoms. The van der Waals surface area contributed by atoms with Gasteiger partial charge in [-0.25, -0.2) is 0 Å². The van der Waals surface area contributed by atoms with Gasteiger partial charge in [0.25, 0.3) is 0 Å². The van der Waals surface area contributed by atoms with Gasteiger partial charge >= 0.3 is 61.7 Å². The number of benzene rings is 1. The quantitative estimate of drug-likeness (QED) is 0.265. The van der Waals surface area contributed by atoms with E-state index in [2.05, 4.69) is 60.2 Å². The van der Waals surface area contributed by atoms with E-state index in [1.807, 2.05) is 12.2 Å². The van der Waals surface area contributed by atoms with Crippen molar-refractivity contribution >= 4 is 29.5 Å². The second-order valence-electron chi connectivity index (χ2n) is 6.48. The molecule has 0 saturated heterocycles. The van der Waals surface area contributed by atoms with E-state index in [1.165, 1.54) is 15.6 Å². The van der Waals surface area contributed by atoms with Gasteiger partial charge in [-0.3, -0.25) is 25.3 Å². The van der Waals surface area contributed by atoms with Crippen molar-refractivity contribution in [1.29, 1.82) is 0 Å². The summed E-state index contributed by atoms with van der Waals surface area (Å²) in [6.45, 7) is 4.19. The molecule has 0 aromatic heterocycles. The predicted molar refractivity (Wildman–Crippen MR) is 106 cm³/mol. The zero-order valence-electron chi connectivity index (χ0n) is 17.7. The molecule has 1 aliphatic carbocycles. The van der Waals surface area contributed by atoms with Gasteiger partial charge in [0, 0.05) is 0 Å². The van der Waals surface area contributed by atoms with Gasteiger partial charge in [0.15, 0.2) is 29.5 Å². The van der Waals surface area contributed by atoms with Crippen LogP contribution in [0.2, 0.25) is 0 Å². The number of aryl methyl sites for hydroxylation is 2. The molecule has 0 fully saturated rings. The SMILES string of the molecule is Cc1ccc(C)cc1.O=S(=O)([C-](S(=O)(=O)C(F)(F)F)S(=O)(=O)C(F)(F)F)C(F)(F)F.[Fe+][C]1=CC=CC1. The molecule has 1 aromatic rings. The van der Waals surface area contributed by atoms with Crippen molar-refractivity contribution < 1.29 is 80.8 Å². The number of hydrogen-bond acceptors (Lipinski definition) is 6. The molecule has 2 rings (SSSR count). The topological polar surface area (TPSA) is 102 Å². The molecule has 1 aliphatic rings. The average molecular weight is 638 g/mol. The number of hydrogen-bond donors (Lipinski definition) is 0. The van der Waals surface area contributed by atoms with Gasteiger partial charge in [-0.1, -0.05) is 35.4 Å². The summed E-state index contributed by atoms with van der Waals surface area (Å²) in [4.78, 5) is 0. The first kappa shape index (κ1) is 34.4. The standard InChI is InChI=1S/C8H10.C5H5.C4F9O6S3.Fe/c1-7-3-5-8(2)6-4-7;1-2-4-5-3-1;5-2(6,7)20(14,15)1(21(16,17)3(8,9)10)22(18,19)4(11,12)13;/h3-6H,1-2H3;1-3H,4H2;;/q;;-1;+1. The molecular formula is C17H15F9FeO6S3. The molecule has 208 valence electrons. The number of halogens is 9. The first-order valence-corrected chi connectivity index (χ1v) is 13.6. The summed E-state index contributed by atoms with van der Waals surface area (Å²) in [5, 5.41) is 0. The summed E-state index contributed by atoms with van der Waals surface area (Å²) in [5.41, 5.74) is -18.5. The van der Waals surface area contributed by atoms with Crippen LogP contribution in [0.15, 0.2) is 47.0 Å².